The molecule has 1 aliphatic rings. The molecule has 2 rings (SSSR count). The van der Waals surface area contributed by atoms with E-state index in [0.29, 0.717) is 12.3 Å². The summed E-state index contributed by atoms with van der Waals surface area (Å²) in [6, 6.07) is 7.95. The minimum Gasteiger partial charge on any atom is -0.353 e. The first-order valence-corrected chi connectivity index (χ1v) is 7.76. The van der Waals surface area contributed by atoms with Crippen molar-refractivity contribution in [3.05, 3.63) is 34.9 Å². The number of carbonyl (C=O) groups excluding carboxylic acids is 1. The second kappa shape index (κ2) is 7.65. The normalized spacial score (nSPS) is 19.8. The van der Waals surface area contributed by atoms with Crippen LogP contribution in [0.3, 0.4) is 0 Å². The van der Waals surface area contributed by atoms with E-state index in [-0.39, 0.29) is 11.9 Å². The van der Waals surface area contributed by atoms with E-state index in [0.717, 1.165) is 31.0 Å². The predicted octanol–water partition coefficient (Wildman–Crippen LogP) is 2.78. The number of hydrogen-bond donors (Lipinski definition) is 2. The summed E-state index contributed by atoms with van der Waals surface area (Å²) in [6.45, 7) is 4.20. The van der Waals surface area contributed by atoms with Crippen molar-refractivity contribution in [2.24, 2.45) is 5.92 Å². The molecule has 1 fully saturated rings. The summed E-state index contributed by atoms with van der Waals surface area (Å²) in [5.74, 6) is 0.839. The fourth-order valence-corrected chi connectivity index (χ4v) is 2.79. The van der Waals surface area contributed by atoms with Crippen LogP contribution in [0.15, 0.2) is 24.3 Å². The number of hydrogen-bond acceptors (Lipinski definition) is 2. The lowest BCUT2D eigenvalue weighted by Crippen LogP contribution is -2.34. The third kappa shape index (κ3) is 5.14. The van der Waals surface area contributed by atoms with Crippen molar-refractivity contribution in [3.8, 4) is 0 Å². The predicted molar refractivity (Wildman–Crippen MR) is 83.0 cm³/mol. The van der Waals surface area contributed by atoms with E-state index in [2.05, 4.69) is 10.6 Å². The smallest absolute Gasteiger partial charge is 0.220 e. The van der Waals surface area contributed by atoms with Gasteiger partial charge in [0.2, 0.25) is 5.91 Å². The first-order valence-electron chi connectivity index (χ1n) is 7.38. The molecule has 4 heteroatoms. The van der Waals surface area contributed by atoms with Gasteiger partial charge in [-0.15, -0.1) is 0 Å². The molecule has 0 bridgehead atoms. The summed E-state index contributed by atoms with van der Waals surface area (Å²) in [7, 11) is 0. The maximum absolute atomic E-state index is 11.9. The van der Waals surface area contributed by atoms with Gasteiger partial charge in [0.05, 0.1) is 0 Å². The number of carbonyl (C=O) groups is 1. The maximum atomic E-state index is 11.9. The first kappa shape index (κ1) is 15.3. The van der Waals surface area contributed by atoms with E-state index in [4.69, 9.17) is 11.6 Å². The van der Waals surface area contributed by atoms with Crippen molar-refractivity contribution in [3.63, 3.8) is 0 Å². The molecule has 0 spiro atoms. The van der Waals surface area contributed by atoms with Crippen LogP contribution in [0.5, 0.6) is 0 Å². The average Bonchev–Trinajstić information content (AvgIpc) is 2.92. The molecule has 1 heterocycles. The van der Waals surface area contributed by atoms with E-state index in [1.807, 2.05) is 31.2 Å². The summed E-state index contributed by atoms with van der Waals surface area (Å²) in [6.07, 6.45) is 3.67. The van der Waals surface area contributed by atoms with Gasteiger partial charge in [0.1, 0.15) is 0 Å². The van der Waals surface area contributed by atoms with Crippen LogP contribution in [-0.2, 0) is 11.2 Å². The molecule has 1 aromatic rings. The molecule has 1 saturated heterocycles. The van der Waals surface area contributed by atoms with Crippen molar-refractivity contribution in [2.45, 2.75) is 38.6 Å². The fraction of sp³-hybridized carbons (Fsp3) is 0.562. The summed E-state index contributed by atoms with van der Waals surface area (Å²) in [5.41, 5.74) is 1.20. The van der Waals surface area contributed by atoms with Crippen LogP contribution in [0.2, 0.25) is 5.02 Å². The van der Waals surface area contributed by atoms with Crippen molar-refractivity contribution < 1.29 is 4.79 Å². The molecule has 1 amide bonds. The maximum Gasteiger partial charge on any atom is 0.220 e. The van der Waals surface area contributed by atoms with Crippen LogP contribution in [0.4, 0.5) is 0 Å². The van der Waals surface area contributed by atoms with E-state index in [1.165, 1.54) is 12.0 Å². The van der Waals surface area contributed by atoms with Crippen molar-refractivity contribution in [2.75, 3.05) is 13.1 Å². The largest absolute Gasteiger partial charge is 0.353 e. The number of nitrogens with one attached hydrogen (secondary N) is 2. The molecule has 2 unspecified atom stereocenters. The molecular formula is C16H23ClN2O. The highest BCUT2D eigenvalue weighted by molar-refractivity contribution is 6.30. The van der Waals surface area contributed by atoms with Gasteiger partial charge in [-0.05, 0) is 62.9 Å². The van der Waals surface area contributed by atoms with Gasteiger partial charge >= 0.3 is 0 Å². The third-order valence-electron chi connectivity index (χ3n) is 3.80. The van der Waals surface area contributed by atoms with Gasteiger partial charge < -0.3 is 10.6 Å². The topological polar surface area (TPSA) is 41.1 Å². The van der Waals surface area contributed by atoms with Gasteiger partial charge in [-0.2, -0.15) is 0 Å². The SMILES string of the molecule is CC(Cc1ccc(Cl)cc1)NC(=O)CCC1CCNC1. The lowest BCUT2D eigenvalue weighted by Gasteiger charge is -2.15. The molecule has 1 aliphatic heterocycles. The minimum atomic E-state index is 0.158. The zero-order chi connectivity index (χ0) is 14.4. The summed E-state index contributed by atoms with van der Waals surface area (Å²) < 4.78 is 0. The number of benzene rings is 1. The minimum absolute atomic E-state index is 0.158. The Kier molecular flexibility index (Phi) is 5.86. The van der Waals surface area contributed by atoms with Crippen molar-refractivity contribution in [1.29, 1.82) is 0 Å². The van der Waals surface area contributed by atoms with Crippen LogP contribution < -0.4 is 10.6 Å². The Hall–Kier alpha value is -1.06. The molecule has 2 N–H and O–H groups in total. The number of halogens is 1. The Morgan fingerprint density at radius 1 is 1.45 bits per heavy atom. The van der Waals surface area contributed by atoms with Gasteiger partial charge in [0.15, 0.2) is 0 Å². The highest BCUT2D eigenvalue weighted by Crippen LogP contribution is 2.14. The van der Waals surface area contributed by atoms with Gasteiger partial charge in [0.25, 0.3) is 0 Å². The van der Waals surface area contributed by atoms with Crippen LogP contribution >= 0.6 is 11.6 Å². The molecule has 20 heavy (non-hydrogen) atoms. The first-order chi connectivity index (χ1) is 9.63. The van der Waals surface area contributed by atoms with Crippen LogP contribution in [0, 0.1) is 5.92 Å². The fourth-order valence-electron chi connectivity index (χ4n) is 2.67. The number of rotatable bonds is 6. The molecule has 0 radical (unpaired) electrons. The van der Waals surface area contributed by atoms with E-state index >= 15 is 0 Å². The van der Waals surface area contributed by atoms with Gasteiger partial charge in [-0.25, -0.2) is 0 Å². The molecular weight excluding hydrogens is 272 g/mol. The van der Waals surface area contributed by atoms with E-state index in [1.54, 1.807) is 0 Å². The molecule has 3 nitrogen and oxygen atoms in total. The third-order valence-corrected chi connectivity index (χ3v) is 4.06. The summed E-state index contributed by atoms with van der Waals surface area (Å²) in [5, 5.41) is 7.15. The standard InChI is InChI=1S/C16H23ClN2O/c1-12(10-13-2-5-15(17)6-3-13)19-16(20)7-4-14-8-9-18-11-14/h2-3,5-6,12,14,18H,4,7-11H2,1H3,(H,19,20). The molecule has 2 atom stereocenters. The Morgan fingerprint density at radius 3 is 2.85 bits per heavy atom. The highest BCUT2D eigenvalue weighted by Gasteiger charge is 2.16. The van der Waals surface area contributed by atoms with Crippen molar-refractivity contribution >= 4 is 17.5 Å². The van der Waals surface area contributed by atoms with E-state index < -0.39 is 0 Å². The van der Waals surface area contributed by atoms with Crippen LogP contribution in [0.25, 0.3) is 0 Å². The Morgan fingerprint density at radius 2 is 2.20 bits per heavy atom. The summed E-state index contributed by atoms with van der Waals surface area (Å²) >= 11 is 5.86. The molecule has 0 saturated carbocycles. The lowest BCUT2D eigenvalue weighted by molar-refractivity contribution is -0.121. The zero-order valence-corrected chi connectivity index (χ0v) is 12.7. The van der Waals surface area contributed by atoms with Gasteiger partial charge in [-0.1, -0.05) is 23.7 Å². The second-order valence-electron chi connectivity index (χ2n) is 5.70. The molecule has 0 aromatic heterocycles. The van der Waals surface area contributed by atoms with Crippen molar-refractivity contribution in [1.82, 2.24) is 10.6 Å². The molecule has 0 aliphatic carbocycles. The molecule has 110 valence electrons. The van der Waals surface area contributed by atoms with Gasteiger partial charge in [0, 0.05) is 17.5 Å². The Balaban J connectivity index is 1.68. The Labute approximate surface area is 126 Å². The highest BCUT2D eigenvalue weighted by atomic mass is 35.5. The van der Waals surface area contributed by atoms with Crippen LogP contribution in [0.1, 0.15) is 31.7 Å². The second-order valence-corrected chi connectivity index (χ2v) is 6.13. The molecule has 1 aromatic carbocycles. The van der Waals surface area contributed by atoms with Crippen LogP contribution in [-0.4, -0.2) is 25.0 Å². The lowest BCUT2D eigenvalue weighted by atomic mass is 10.0. The number of amides is 1. The Bertz CT molecular complexity index is 427. The average molecular weight is 295 g/mol. The van der Waals surface area contributed by atoms with E-state index in [9.17, 15) is 4.79 Å². The zero-order valence-electron chi connectivity index (χ0n) is 12.0. The quantitative estimate of drug-likeness (QED) is 0.847. The van der Waals surface area contributed by atoms with Gasteiger partial charge in [-0.3, -0.25) is 4.79 Å². The summed E-state index contributed by atoms with van der Waals surface area (Å²) in [4.78, 5) is 11.9. The monoisotopic (exact) mass is 294 g/mol.